The predicted octanol–water partition coefficient (Wildman–Crippen LogP) is 5.32. The molecule has 37 heavy (non-hydrogen) atoms. The van der Waals surface area contributed by atoms with E-state index in [4.69, 9.17) is 9.84 Å². The largest absolute Gasteiger partial charge is 0.478 e. The molecule has 0 spiro atoms. The highest BCUT2D eigenvalue weighted by atomic mass is 16.5. The van der Waals surface area contributed by atoms with Gasteiger partial charge < -0.3 is 15.2 Å². The number of carboxylic acids is 1. The van der Waals surface area contributed by atoms with E-state index >= 15 is 0 Å². The molecule has 0 unspecified atom stereocenters. The van der Waals surface area contributed by atoms with E-state index in [-0.39, 0.29) is 23.5 Å². The summed E-state index contributed by atoms with van der Waals surface area (Å²) in [7, 11) is 0. The number of carboxylic acid groups (broad SMARTS) is 1. The van der Waals surface area contributed by atoms with E-state index in [1.807, 2.05) is 26.0 Å². The van der Waals surface area contributed by atoms with E-state index in [9.17, 15) is 14.7 Å². The smallest absolute Gasteiger partial charge is 0.335 e. The number of hydrogen-bond donors (Lipinski definition) is 2. The van der Waals surface area contributed by atoms with Crippen LogP contribution in [0.5, 0.6) is 0 Å². The van der Waals surface area contributed by atoms with E-state index in [0.29, 0.717) is 11.4 Å². The Kier molecular flexibility index (Phi) is 5.87. The minimum Gasteiger partial charge on any atom is -0.478 e. The number of aryl methyl sites for hydroxylation is 2. The minimum atomic E-state index is -1.05. The number of carbonyl (C=O) groups is 2. The van der Waals surface area contributed by atoms with Gasteiger partial charge >= 0.3 is 5.97 Å². The van der Waals surface area contributed by atoms with Crippen LogP contribution in [0.15, 0.2) is 42.5 Å². The average Bonchev–Trinajstić information content (AvgIpc) is 3.26. The number of ether oxygens (including phenoxy) is 1. The molecule has 2 aromatic carbocycles. The second-order valence-electron chi connectivity index (χ2n) is 11.3. The van der Waals surface area contributed by atoms with Crippen molar-refractivity contribution in [2.45, 2.75) is 64.6 Å². The lowest BCUT2D eigenvalue weighted by molar-refractivity contribution is -0.169. The standard InChI is InChI=1S/C29H32N4O4/c1-17-6-7-25(18(2)8-17)33-31-24(16-37-29-13-19-9-20(14-29)11-21(10-19)15-29)26(32-33)27(34)30-23-5-3-4-22(12-23)28(35)36/h3-8,12,19-21H,9-11,13-16H2,1-2H3,(H,30,34)(H,35,36). The molecular formula is C29H32N4O4. The summed E-state index contributed by atoms with van der Waals surface area (Å²) in [5.41, 5.74) is 3.98. The van der Waals surface area contributed by atoms with Gasteiger partial charge in [-0.15, -0.1) is 10.2 Å². The van der Waals surface area contributed by atoms with E-state index in [0.717, 1.165) is 53.8 Å². The minimum absolute atomic E-state index is 0.0992. The molecule has 0 saturated heterocycles. The van der Waals surface area contributed by atoms with Gasteiger partial charge in [-0.05, 0) is 100.0 Å². The van der Waals surface area contributed by atoms with Crippen molar-refractivity contribution in [2.75, 3.05) is 5.32 Å². The van der Waals surface area contributed by atoms with Crippen molar-refractivity contribution < 1.29 is 19.4 Å². The fourth-order valence-electron chi connectivity index (χ4n) is 7.10. The first-order chi connectivity index (χ1) is 17.8. The number of nitrogens with one attached hydrogen (secondary N) is 1. The molecule has 3 aromatic rings. The van der Waals surface area contributed by atoms with Crippen LogP contribution in [-0.4, -0.2) is 37.6 Å². The van der Waals surface area contributed by atoms with Gasteiger partial charge in [-0.2, -0.15) is 4.80 Å². The van der Waals surface area contributed by atoms with Crippen LogP contribution in [0.25, 0.3) is 5.69 Å². The average molecular weight is 501 g/mol. The van der Waals surface area contributed by atoms with Crippen LogP contribution >= 0.6 is 0 Å². The molecule has 4 bridgehead atoms. The third-order valence-corrected chi connectivity index (χ3v) is 8.33. The highest BCUT2D eigenvalue weighted by Gasteiger charge is 2.51. The Morgan fingerprint density at radius 2 is 1.73 bits per heavy atom. The molecule has 1 aromatic heterocycles. The molecule has 4 aliphatic carbocycles. The molecule has 4 fully saturated rings. The molecule has 4 saturated carbocycles. The maximum atomic E-state index is 13.4. The molecule has 1 heterocycles. The number of aromatic nitrogens is 3. The maximum absolute atomic E-state index is 13.4. The van der Waals surface area contributed by atoms with Gasteiger partial charge in [0, 0.05) is 5.69 Å². The second-order valence-corrected chi connectivity index (χ2v) is 11.3. The van der Waals surface area contributed by atoms with Crippen molar-refractivity contribution in [3.8, 4) is 5.69 Å². The Balaban J connectivity index is 1.30. The summed E-state index contributed by atoms with van der Waals surface area (Å²) >= 11 is 0. The molecule has 0 atom stereocenters. The molecule has 0 radical (unpaired) electrons. The van der Waals surface area contributed by atoms with Gasteiger partial charge in [0.1, 0.15) is 5.69 Å². The zero-order valence-corrected chi connectivity index (χ0v) is 21.2. The Labute approximate surface area is 216 Å². The van der Waals surface area contributed by atoms with E-state index < -0.39 is 11.9 Å². The first-order valence-electron chi connectivity index (χ1n) is 13.1. The van der Waals surface area contributed by atoms with Crippen molar-refractivity contribution in [3.05, 3.63) is 70.5 Å². The lowest BCUT2D eigenvalue weighted by Gasteiger charge is -2.56. The lowest BCUT2D eigenvalue weighted by atomic mass is 9.54. The van der Waals surface area contributed by atoms with Crippen molar-refractivity contribution >= 4 is 17.6 Å². The number of hydrogen-bond acceptors (Lipinski definition) is 5. The molecule has 0 aliphatic heterocycles. The topological polar surface area (TPSA) is 106 Å². The molecule has 4 aliphatic rings. The fourth-order valence-corrected chi connectivity index (χ4v) is 7.10. The van der Waals surface area contributed by atoms with Crippen LogP contribution in [0.1, 0.15) is 76.2 Å². The third-order valence-electron chi connectivity index (χ3n) is 8.33. The number of benzene rings is 2. The van der Waals surface area contributed by atoms with Crippen LogP contribution in [0.3, 0.4) is 0 Å². The van der Waals surface area contributed by atoms with Gasteiger partial charge in [-0.25, -0.2) is 4.79 Å². The first kappa shape index (κ1) is 23.9. The Morgan fingerprint density at radius 1 is 1.03 bits per heavy atom. The summed E-state index contributed by atoms with van der Waals surface area (Å²) in [6.45, 7) is 4.24. The number of amides is 1. The maximum Gasteiger partial charge on any atom is 0.335 e. The van der Waals surface area contributed by atoms with Crippen LogP contribution in [0.4, 0.5) is 5.69 Å². The molecule has 8 nitrogen and oxygen atoms in total. The van der Waals surface area contributed by atoms with Crippen LogP contribution in [0, 0.1) is 31.6 Å². The molecule has 2 N–H and O–H groups in total. The number of nitrogens with zero attached hydrogens (tertiary/aromatic N) is 3. The van der Waals surface area contributed by atoms with Crippen LogP contribution < -0.4 is 5.32 Å². The third kappa shape index (κ3) is 4.66. The Bertz CT molecular complexity index is 1340. The van der Waals surface area contributed by atoms with Crippen molar-refractivity contribution in [2.24, 2.45) is 17.8 Å². The van der Waals surface area contributed by atoms with Gasteiger partial charge in [-0.3, -0.25) is 4.79 Å². The first-order valence-corrected chi connectivity index (χ1v) is 13.1. The zero-order chi connectivity index (χ0) is 25.7. The van der Waals surface area contributed by atoms with E-state index in [2.05, 4.69) is 16.5 Å². The van der Waals surface area contributed by atoms with Crippen LogP contribution in [-0.2, 0) is 11.3 Å². The SMILES string of the molecule is Cc1ccc(-n2nc(COC34CC5CC(CC(C5)C3)C4)c(C(=O)Nc3cccc(C(=O)O)c3)n2)c(C)c1. The van der Waals surface area contributed by atoms with Gasteiger partial charge in [0.25, 0.3) is 5.91 Å². The second kappa shape index (κ2) is 9.10. The number of anilines is 1. The van der Waals surface area contributed by atoms with Gasteiger partial charge in [0.2, 0.25) is 0 Å². The van der Waals surface area contributed by atoms with Crippen molar-refractivity contribution in [1.29, 1.82) is 0 Å². The Morgan fingerprint density at radius 3 is 2.38 bits per heavy atom. The normalized spacial score (nSPS) is 25.8. The monoisotopic (exact) mass is 500 g/mol. The van der Waals surface area contributed by atoms with E-state index in [1.165, 1.54) is 36.2 Å². The van der Waals surface area contributed by atoms with E-state index in [1.54, 1.807) is 12.1 Å². The van der Waals surface area contributed by atoms with Crippen molar-refractivity contribution in [1.82, 2.24) is 15.0 Å². The fraction of sp³-hybridized carbons (Fsp3) is 0.448. The highest BCUT2D eigenvalue weighted by molar-refractivity contribution is 6.04. The predicted molar refractivity (Wildman–Crippen MR) is 138 cm³/mol. The highest BCUT2D eigenvalue weighted by Crippen LogP contribution is 2.57. The zero-order valence-electron chi connectivity index (χ0n) is 21.2. The van der Waals surface area contributed by atoms with Gasteiger partial charge in [-0.1, -0.05) is 23.8 Å². The summed E-state index contributed by atoms with van der Waals surface area (Å²) in [6.07, 6.45) is 7.26. The molecule has 192 valence electrons. The van der Waals surface area contributed by atoms with Gasteiger partial charge in [0.15, 0.2) is 5.69 Å². The summed E-state index contributed by atoms with van der Waals surface area (Å²) in [6, 6.07) is 12.2. The lowest BCUT2D eigenvalue weighted by Crippen LogP contribution is -2.51. The molecular weight excluding hydrogens is 468 g/mol. The molecule has 8 heteroatoms. The van der Waals surface area contributed by atoms with Crippen molar-refractivity contribution in [3.63, 3.8) is 0 Å². The molecule has 1 amide bonds. The number of carbonyl (C=O) groups excluding carboxylic acids is 1. The number of rotatable bonds is 7. The summed E-state index contributed by atoms with van der Waals surface area (Å²) in [5.74, 6) is 0.758. The van der Waals surface area contributed by atoms with Crippen LogP contribution in [0.2, 0.25) is 0 Å². The number of aromatic carboxylic acids is 1. The Hall–Kier alpha value is -3.52. The van der Waals surface area contributed by atoms with Gasteiger partial charge in [0.05, 0.1) is 23.5 Å². The molecule has 7 rings (SSSR count). The quantitative estimate of drug-likeness (QED) is 0.455. The summed E-state index contributed by atoms with van der Waals surface area (Å²) < 4.78 is 6.64. The summed E-state index contributed by atoms with van der Waals surface area (Å²) in [4.78, 5) is 26.3. The summed E-state index contributed by atoms with van der Waals surface area (Å²) in [5, 5.41) is 21.4.